The molecule has 0 aliphatic rings. The number of hydrogen-bond donors (Lipinski definition) is 2. The number of rotatable bonds is 3. The van der Waals surface area contributed by atoms with Gasteiger partial charge in [0.2, 0.25) is 0 Å². The average Bonchev–Trinajstić information content (AvgIpc) is 2.73. The predicted octanol–water partition coefficient (Wildman–Crippen LogP) is 2.35. The number of carbonyl (C=O) groups excluding carboxylic acids is 1. The minimum Gasteiger partial charge on any atom is -0.450 e. The van der Waals surface area contributed by atoms with Gasteiger partial charge in [0, 0.05) is 10.9 Å². The zero-order chi connectivity index (χ0) is 14.0. The summed E-state index contributed by atoms with van der Waals surface area (Å²) >= 11 is 0. The third kappa shape index (κ3) is 2.94. The number of ether oxygens (including phenoxy) is 1. The molecule has 0 atom stereocenters. The molecule has 102 valence electrons. The second-order valence-corrected chi connectivity index (χ2v) is 5.28. The monoisotopic (exact) mass is 262 g/mol. The lowest BCUT2D eigenvalue weighted by atomic mass is 10.1. The zero-order valence-electron chi connectivity index (χ0n) is 11.3. The van der Waals surface area contributed by atoms with Gasteiger partial charge < -0.3 is 9.15 Å². The fraction of sp³-hybridized carbons (Fsp3) is 0.357. The Morgan fingerprint density at radius 1 is 1.37 bits per heavy atom. The van der Waals surface area contributed by atoms with E-state index in [1.165, 1.54) is 0 Å². The number of nitrogens with two attached hydrogens (primary N) is 1. The number of para-hydroxylation sites is 1. The molecule has 0 spiro atoms. The van der Waals surface area contributed by atoms with E-state index in [0.717, 1.165) is 5.39 Å². The third-order valence-corrected chi connectivity index (χ3v) is 2.69. The first kappa shape index (κ1) is 13.6. The van der Waals surface area contributed by atoms with Gasteiger partial charge in [-0.25, -0.2) is 5.84 Å². The number of hydrazine groups is 1. The van der Waals surface area contributed by atoms with Crippen molar-refractivity contribution >= 4 is 16.9 Å². The molecule has 0 aliphatic heterocycles. The van der Waals surface area contributed by atoms with Gasteiger partial charge in [-0.15, -0.1) is 0 Å². The van der Waals surface area contributed by atoms with Crippen molar-refractivity contribution in [2.75, 3.05) is 0 Å². The molecule has 0 aliphatic carbocycles. The molecule has 3 N–H and O–H groups in total. The Morgan fingerprint density at radius 3 is 2.68 bits per heavy atom. The van der Waals surface area contributed by atoms with Crippen molar-refractivity contribution in [1.82, 2.24) is 5.43 Å². The van der Waals surface area contributed by atoms with Crippen LogP contribution >= 0.6 is 0 Å². The number of carbonyl (C=O) groups is 1. The van der Waals surface area contributed by atoms with Crippen molar-refractivity contribution in [2.24, 2.45) is 5.84 Å². The topological polar surface area (TPSA) is 77.5 Å². The van der Waals surface area contributed by atoms with Crippen molar-refractivity contribution in [3.05, 3.63) is 35.6 Å². The van der Waals surface area contributed by atoms with E-state index in [1.54, 1.807) is 0 Å². The maximum atomic E-state index is 11.7. The maximum Gasteiger partial charge on any atom is 0.301 e. The van der Waals surface area contributed by atoms with E-state index in [9.17, 15) is 4.79 Å². The molecular formula is C14H18N2O3. The number of benzene rings is 1. The molecule has 0 bridgehead atoms. The molecule has 5 heteroatoms. The van der Waals surface area contributed by atoms with Crippen molar-refractivity contribution < 1.29 is 13.9 Å². The number of nitrogen functional groups attached to an aromatic ring is 1. The summed E-state index contributed by atoms with van der Waals surface area (Å²) in [6, 6.07) is 7.45. The van der Waals surface area contributed by atoms with Crippen LogP contribution in [0.1, 0.15) is 36.9 Å². The summed E-state index contributed by atoms with van der Waals surface area (Å²) in [6.07, 6.45) is 0. The molecule has 1 heterocycles. The quantitative estimate of drug-likeness (QED) is 0.505. The van der Waals surface area contributed by atoms with Gasteiger partial charge in [0.15, 0.2) is 5.76 Å². The second kappa shape index (κ2) is 5.03. The van der Waals surface area contributed by atoms with Gasteiger partial charge >= 0.3 is 5.91 Å². The van der Waals surface area contributed by atoms with Crippen molar-refractivity contribution in [3.8, 4) is 0 Å². The fourth-order valence-corrected chi connectivity index (χ4v) is 1.78. The van der Waals surface area contributed by atoms with Crippen LogP contribution in [0.15, 0.2) is 28.7 Å². The number of nitrogens with one attached hydrogen (secondary N) is 1. The van der Waals surface area contributed by atoms with E-state index < -0.39 is 5.91 Å². The summed E-state index contributed by atoms with van der Waals surface area (Å²) in [6.45, 7) is 6.16. The summed E-state index contributed by atoms with van der Waals surface area (Å²) in [7, 11) is 0. The Labute approximate surface area is 111 Å². The molecule has 5 nitrogen and oxygen atoms in total. The summed E-state index contributed by atoms with van der Waals surface area (Å²) < 4.78 is 11.3. The lowest BCUT2D eigenvalue weighted by Crippen LogP contribution is -2.30. The summed E-state index contributed by atoms with van der Waals surface area (Å²) in [5.74, 6) is 4.92. The van der Waals surface area contributed by atoms with Crippen LogP contribution in [0.5, 0.6) is 0 Å². The van der Waals surface area contributed by atoms with Gasteiger partial charge in [-0.2, -0.15) is 0 Å². The Kier molecular flexibility index (Phi) is 3.59. The summed E-state index contributed by atoms with van der Waals surface area (Å²) in [5.41, 5.74) is 3.16. The molecule has 2 aromatic rings. The summed E-state index contributed by atoms with van der Waals surface area (Å²) in [5, 5.41) is 0.866. The minimum atomic E-state index is -0.455. The smallest absolute Gasteiger partial charge is 0.301 e. The molecule has 1 amide bonds. The largest absolute Gasteiger partial charge is 0.450 e. The molecule has 0 unspecified atom stereocenters. The molecule has 0 radical (unpaired) electrons. The van der Waals surface area contributed by atoms with E-state index in [0.29, 0.717) is 17.8 Å². The molecule has 0 saturated carbocycles. The van der Waals surface area contributed by atoms with Crippen LogP contribution in [0, 0.1) is 0 Å². The first-order valence-electron chi connectivity index (χ1n) is 6.07. The fourth-order valence-electron chi connectivity index (χ4n) is 1.78. The third-order valence-electron chi connectivity index (χ3n) is 2.69. The first-order valence-corrected chi connectivity index (χ1v) is 6.07. The Balaban J connectivity index is 2.45. The highest BCUT2D eigenvalue weighted by Gasteiger charge is 2.21. The van der Waals surface area contributed by atoms with E-state index in [-0.39, 0.29) is 11.4 Å². The molecule has 0 fully saturated rings. The molecular weight excluding hydrogens is 244 g/mol. The van der Waals surface area contributed by atoms with Crippen molar-refractivity contribution in [1.29, 1.82) is 0 Å². The predicted molar refractivity (Wildman–Crippen MR) is 72.4 cm³/mol. The SMILES string of the molecule is CC(C)(C)OCc1c(C(=O)NN)oc2ccccc12. The van der Waals surface area contributed by atoms with Gasteiger partial charge in [0.05, 0.1) is 12.2 Å². The van der Waals surface area contributed by atoms with Crippen molar-refractivity contribution in [3.63, 3.8) is 0 Å². The highest BCUT2D eigenvalue weighted by atomic mass is 16.5. The number of amides is 1. The van der Waals surface area contributed by atoms with E-state index in [2.05, 4.69) is 5.43 Å². The van der Waals surface area contributed by atoms with E-state index in [1.807, 2.05) is 45.0 Å². The van der Waals surface area contributed by atoms with Gasteiger partial charge in [-0.05, 0) is 26.8 Å². The molecule has 1 aromatic heterocycles. The van der Waals surface area contributed by atoms with Crippen LogP contribution in [0.25, 0.3) is 11.0 Å². The Hall–Kier alpha value is -1.85. The van der Waals surface area contributed by atoms with Crippen LogP contribution in [0.3, 0.4) is 0 Å². The summed E-state index contributed by atoms with van der Waals surface area (Å²) in [4.78, 5) is 11.7. The van der Waals surface area contributed by atoms with Gasteiger partial charge in [0.1, 0.15) is 5.58 Å². The maximum absolute atomic E-state index is 11.7. The molecule has 2 rings (SSSR count). The lowest BCUT2D eigenvalue weighted by molar-refractivity contribution is -0.0150. The zero-order valence-corrected chi connectivity index (χ0v) is 11.3. The van der Waals surface area contributed by atoms with Crippen LogP contribution in [-0.2, 0) is 11.3 Å². The van der Waals surface area contributed by atoms with Crippen LogP contribution < -0.4 is 11.3 Å². The van der Waals surface area contributed by atoms with Gasteiger partial charge in [0.25, 0.3) is 0 Å². The molecule has 0 saturated heterocycles. The van der Waals surface area contributed by atoms with Gasteiger partial charge in [-0.3, -0.25) is 10.2 Å². The van der Waals surface area contributed by atoms with Gasteiger partial charge in [-0.1, -0.05) is 18.2 Å². The normalized spacial score (nSPS) is 11.8. The number of furan rings is 1. The molecule has 19 heavy (non-hydrogen) atoms. The highest BCUT2D eigenvalue weighted by Crippen LogP contribution is 2.27. The van der Waals surface area contributed by atoms with Crippen LogP contribution in [-0.4, -0.2) is 11.5 Å². The standard InChI is InChI=1S/C14H18N2O3/c1-14(2,3)18-8-10-9-6-4-5-7-11(9)19-12(10)13(17)16-15/h4-7H,8,15H2,1-3H3,(H,16,17). The van der Waals surface area contributed by atoms with Crippen LogP contribution in [0.2, 0.25) is 0 Å². The van der Waals surface area contributed by atoms with Crippen molar-refractivity contribution in [2.45, 2.75) is 33.0 Å². The average molecular weight is 262 g/mol. The molecule has 1 aromatic carbocycles. The Bertz CT molecular complexity index is 596. The minimum absolute atomic E-state index is 0.202. The highest BCUT2D eigenvalue weighted by molar-refractivity contribution is 5.98. The van der Waals surface area contributed by atoms with E-state index >= 15 is 0 Å². The first-order chi connectivity index (χ1) is 8.92. The second-order valence-electron chi connectivity index (χ2n) is 5.28. The Morgan fingerprint density at radius 2 is 2.05 bits per heavy atom. The van der Waals surface area contributed by atoms with E-state index in [4.69, 9.17) is 15.0 Å². The lowest BCUT2D eigenvalue weighted by Gasteiger charge is -2.19. The van der Waals surface area contributed by atoms with Crippen LogP contribution in [0.4, 0.5) is 0 Å². The number of fused-ring (bicyclic) bond motifs is 1. The number of hydrogen-bond acceptors (Lipinski definition) is 4.